The zero-order valence-corrected chi connectivity index (χ0v) is 25.0. The topological polar surface area (TPSA) is 144 Å². The van der Waals surface area contributed by atoms with Crippen molar-refractivity contribution in [3.63, 3.8) is 0 Å². The van der Waals surface area contributed by atoms with E-state index in [0.29, 0.717) is 11.8 Å². The molecule has 1 saturated heterocycles. The van der Waals surface area contributed by atoms with E-state index in [2.05, 4.69) is 15.6 Å². The molecule has 234 valence electrons. The van der Waals surface area contributed by atoms with Gasteiger partial charge in [-0.2, -0.15) is 13.2 Å². The van der Waals surface area contributed by atoms with Crippen LogP contribution in [0.3, 0.4) is 0 Å². The molecule has 0 aliphatic carbocycles. The molecule has 2 heterocycles. The maximum Gasteiger partial charge on any atom is 0.449 e. The lowest BCUT2D eigenvalue weighted by molar-refractivity contribution is -0.147. The van der Waals surface area contributed by atoms with Gasteiger partial charge in [-0.25, -0.2) is 4.98 Å². The van der Waals surface area contributed by atoms with Crippen LogP contribution < -0.4 is 16.2 Å². The number of carbonyl (C=O) groups is 3. The van der Waals surface area contributed by atoms with E-state index in [4.69, 9.17) is 0 Å². The fourth-order valence-corrected chi connectivity index (χ4v) is 6.04. The first kappa shape index (κ1) is 32.7. The number of H-pyrrole nitrogens is 1. The highest BCUT2D eigenvalue weighted by Crippen LogP contribution is 2.40. The zero-order valence-electron chi connectivity index (χ0n) is 24.1. The van der Waals surface area contributed by atoms with E-state index in [0.717, 1.165) is 11.1 Å². The van der Waals surface area contributed by atoms with Gasteiger partial charge in [0.25, 0.3) is 17.4 Å². The fraction of sp³-hybridized carbons (Fsp3) is 0.367. The number of nitrogens with one attached hydrogen (secondary N) is 3. The molecule has 4 rings (SSSR count). The molecule has 3 atom stereocenters. The van der Waals surface area contributed by atoms with Gasteiger partial charge in [-0.15, -0.1) is 11.8 Å². The number of aryl methyl sites for hydroxylation is 1. The highest BCUT2D eigenvalue weighted by Gasteiger charge is 2.49. The van der Waals surface area contributed by atoms with Crippen molar-refractivity contribution >= 4 is 29.5 Å². The molecule has 0 bridgehead atoms. The summed E-state index contributed by atoms with van der Waals surface area (Å²) in [5, 5.41) is 16.6. The van der Waals surface area contributed by atoms with Gasteiger partial charge in [0.15, 0.2) is 6.10 Å². The maximum atomic E-state index is 13.8. The Labute approximate surface area is 255 Å². The first-order chi connectivity index (χ1) is 20.7. The molecule has 2 aromatic carbocycles. The van der Waals surface area contributed by atoms with Gasteiger partial charge in [-0.1, -0.05) is 54.6 Å². The number of hydrogen-bond acceptors (Lipinski definition) is 7. The van der Waals surface area contributed by atoms with Crippen LogP contribution in [0.15, 0.2) is 65.6 Å². The largest absolute Gasteiger partial charge is 0.449 e. The number of aromatic amines is 1. The summed E-state index contributed by atoms with van der Waals surface area (Å²) in [6.45, 7) is 5.76. The maximum absolute atomic E-state index is 13.8. The van der Waals surface area contributed by atoms with E-state index >= 15 is 0 Å². The lowest BCUT2D eigenvalue weighted by atomic mass is 9.97. The highest BCUT2D eigenvalue weighted by atomic mass is 32.2. The molecule has 0 spiro atoms. The van der Waals surface area contributed by atoms with Crippen LogP contribution in [0.4, 0.5) is 13.2 Å². The predicted octanol–water partition coefficient (Wildman–Crippen LogP) is 2.80. The fourth-order valence-electron chi connectivity index (χ4n) is 4.90. The quantitative estimate of drug-likeness (QED) is 0.284. The Bertz CT molecular complexity index is 1580. The van der Waals surface area contributed by atoms with Gasteiger partial charge >= 0.3 is 6.18 Å². The third-order valence-electron chi connectivity index (χ3n) is 7.35. The average molecular weight is 632 g/mol. The first-order valence-electron chi connectivity index (χ1n) is 13.6. The molecule has 3 aromatic rings. The second-order valence-corrected chi connectivity index (χ2v) is 12.5. The second-order valence-electron chi connectivity index (χ2n) is 10.9. The van der Waals surface area contributed by atoms with Crippen molar-refractivity contribution in [2.45, 2.75) is 62.8 Å². The number of carbonyl (C=O) groups excluding carboxylic acids is 3. The van der Waals surface area contributed by atoms with Crippen molar-refractivity contribution in [3.05, 3.63) is 99.2 Å². The number of nitrogens with zero attached hydrogens (tertiary/aromatic N) is 2. The molecule has 10 nitrogen and oxygen atoms in total. The number of benzene rings is 2. The minimum Gasteiger partial charge on any atom is -0.381 e. The standard InChI is InChI=1S/C30H32F3N5O5S/c1-17-9-7-8-12-19(17)14-34-26(42)23-29(2,3)44-16-38(23)27(43)22(39)21(13-18-10-5-4-6-11-18)36-24(40)20-15-35-28(30(31,32)33)37-25(20)41/h4-12,15,21-23,39H,13-14,16H2,1-3H3,(H,34,42)(H,36,40)(H,35,37,41)/t21-,22-,23+/m0/s1. The third-order valence-corrected chi connectivity index (χ3v) is 8.73. The van der Waals surface area contributed by atoms with Crippen LogP contribution in [-0.4, -0.2) is 66.5 Å². The van der Waals surface area contributed by atoms with E-state index in [9.17, 15) is 37.5 Å². The van der Waals surface area contributed by atoms with E-state index in [-0.39, 0.29) is 18.8 Å². The molecule has 0 saturated carbocycles. The Balaban J connectivity index is 1.57. The van der Waals surface area contributed by atoms with E-state index in [1.54, 1.807) is 30.3 Å². The molecule has 0 unspecified atom stereocenters. The second kappa shape index (κ2) is 13.2. The van der Waals surface area contributed by atoms with Crippen molar-refractivity contribution in [2.75, 3.05) is 5.88 Å². The molecule has 44 heavy (non-hydrogen) atoms. The van der Waals surface area contributed by atoms with Crippen molar-refractivity contribution in [2.24, 2.45) is 0 Å². The number of aliphatic hydroxyl groups is 1. The van der Waals surface area contributed by atoms with Crippen LogP contribution in [0.25, 0.3) is 0 Å². The number of thioether (sulfide) groups is 1. The van der Waals surface area contributed by atoms with Gasteiger partial charge in [-0.05, 0) is 43.9 Å². The Morgan fingerprint density at radius 1 is 1.14 bits per heavy atom. The number of alkyl halides is 3. The van der Waals surface area contributed by atoms with Crippen molar-refractivity contribution in [3.8, 4) is 0 Å². The Hall–Kier alpha value is -4.17. The first-order valence-corrected chi connectivity index (χ1v) is 14.6. The molecule has 1 aromatic heterocycles. The summed E-state index contributed by atoms with van der Waals surface area (Å²) in [7, 11) is 0. The summed E-state index contributed by atoms with van der Waals surface area (Å²) < 4.78 is 38.1. The molecule has 1 aliphatic heterocycles. The van der Waals surface area contributed by atoms with Crippen LogP contribution in [0.2, 0.25) is 0 Å². The van der Waals surface area contributed by atoms with Gasteiger partial charge in [0.1, 0.15) is 11.6 Å². The number of aliphatic hydroxyl groups excluding tert-OH is 1. The highest BCUT2D eigenvalue weighted by molar-refractivity contribution is 8.00. The number of amides is 3. The molecule has 3 amide bonds. The number of halogens is 3. The van der Waals surface area contributed by atoms with Gasteiger partial charge < -0.3 is 25.6 Å². The van der Waals surface area contributed by atoms with Crippen LogP contribution >= 0.6 is 11.8 Å². The molecule has 4 N–H and O–H groups in total. The summed E-state index contributed by atoms with van der Waals surface area (Å²) >= 11 is 1.35. The van der Waals surface area contributed by atoms with Gasteiger partial charge in [0, 0.05) is 17.5 Å². The predicted molar refractivity (Wildman–Crippen MR) is 157 cm³/mol. The van der Waals surface area contributed by atoms with Crippen LogP contribution in [0, 0.1) is 6.92 Å². The van der Waals surface area contributed by atoms with Crippen LogP contribution in [0.5, 0.6) is 0 Å². The van der Waals surface area contributed by atoms with Crippen molar-refractivity contribution < 1.29 is 32.7 Å². The minimum atomic E-state index is -4.93. The smallest absolute Gasteiger partial charge is 0.381 e. The molecule has 1 aliphatic rings. The number of hydrogen-bond donors (Lipinski definition) is 4. The Morgan fingerprint density at radius 2 is 1.80 bits per heavy atom. The van der Waals surface area contributed by atoms with Gasteiger partial charge in [0.05, 0.1) is 11.9 Å². The van der Waals surface area contributed by atoms with E-state index < -0.39 is 63.8 Å². The molecule has 1 fully saturated rings. The average Bonchev–Trinajstić information content (AvgIpc) is 3.30. The third kappa shape index (κ3) is 7.48. The van der Waals surface area contributed by atoms with E-state index in [1.165, 1.54) is 21.6 Å². The van der Waals surface area contributed by atoms with Gasteiger partial charge in [0.2, 0.25) is 11.7 Å². The normalized spacial score (nSPS) is 17.5. The van der Waals surface area contributed by atoms with Gasteiger partial charge in [-0.3, -0.25) is 19.2 Å². The number of rotatable bonds is 9. The molecular weight excluding hydrogens is 599 g/mol. The molecule has 14 heteroatoms. The number of aromatic nitrogens is 2. The Morgan fingerprint density at radius 3 is 2.43 bits per heavy atom. The summed E-state index contributed by atoms with van der Waals surface area (Å²) in [6, 6.07) is 13.8. The lowest BCUT2D eigenvalue weighted by Crippen LogP contribution is -2.58. The van der Waals surface area contributed by atoms with Crippen molar-refractivity contribution in [1.82, 2.24) is 25.5 Å². The summed E-state index contributed by atoms with van der Waals surface area (Å²) in [5.41, 5.74) is 0.431. The minimum absolute atomic E-state index is 0.0695. The van der Waals surface area contributed by atoms with Crippen LogP contribution in [0.1, 0.15) is 46.7 Å². The Kier molecular flexibility index (Phi) is 9.84. The summed E-state index contributed by atoms with van der Waals surface area (Å²) in [4.78, 5) is 58.5. The monoisotopic (exact) mass is 631 g/mol. The van der Waals surface area contributed by atoms with E-state index in [1.807, 2.05) is 45.0 Å². The van der Waals surface area contributed by atoms with Crippen LogP contribution in [-0.2, 0) is 28.7 Å². The molecular formula is C30H32F3N5O5S. The SMILES string of the molecule is Cc1ccccc1CNC(=O)[C@H]1N(C(=O)[C@@H](O)[C@H](Cc2ccccc2)NC(=O)c2cnc(C(F)(F)F)[nH]c2=O)CSC1(C)C. The molecule has 0 radical (unpaired) electrons. The summed E-state index contributed by atoms with van der Waals surface area (Å²) in [5.74, 6) is -3.88. The van der Waals surface area contributed by atoms with Crippen molar-refractivity contribution in [1.29, 1.82) is 0 Å². The zero-order chi connectivity index (χ0) is 32.2. The lowest BCUT2D eigenvalue weighted by Gasteiger charge is -2.33. The summed E-state index contributed by atoms with van der Waals surface area (Å²) in [6.07, 6.45) is -6.39.